The van der Waals surface area contributed by atoms with Gasteiger partial charge in [-0.2, -0.15) is 0 Å². The molecule has 0 spiro atoms. The molecule has 0 N–H and O–H groups in total. The molecule has 0 radical (unpaired) electrons. The highest BCUT2D eigenvalue weighted by Gasteiger charge is 2.25. The number of hydrogen-bond donors (Lipinski definition) is 0. The summed E-state index contributed by atoms with van der Waals surface area (Å²) in [5.41, 5.74) is 11.4. The van der Waals surface area contributed by atoms with E-state index in [0.29, 0.717) is 5.92 Å². The summed E-state index contributed by atoms with van der Waals surface area (Å²) in [6.07, 6.45) is 2.38. The van der Waals surface area contributed by atoms with Gasteiger partial charge < -0.3 is 0 Å². The maximum atomic E-state index is 2.38. The van der Waals surface area contributed by atoms with Crippen molar-refractivity contribution in [3.8, 4) is 0 Å². The highest BCUT2D eigenvalue weighted by Crippen LogP contribution is 2.44. The molecule has 0 fully saturated rings. The van der Waals surface area contributed by atoms with Gasteiger partial charge in [0.05, 0.1) is 0 Å². The predicted octanol–water partition coefficient (Wildman–Crippen LogP) is 5.58. The lowest BCUT2D eigenvalue weighted by atomic mass is 9.87. The first kappa shape index (κ1) is 13.2. The van der Waals surface area contributed by atoms with Gasteiger partial charge in [-0.3, -0.25) is 0 Å². The second-order valence-electron chi connectivity index (χ2n) is 6.08. The van der Waals surface area contributed by atoms with Crippen LogP contribution in [0.25, 0.3) is 11.6 Å². The Hall–Kier alpha value is -1.82. The maximum Gasteiger partial charge on any atom is 0.00759 e. The Morgan fingerprint density at radius 3 is 2.25 bits per heavy atom. The van der Waals surface area contributed by atoms with E-state index in [9.17, 15) is 0 Å². The molecule has 0 amide bonds. The van der Waals surface area contributed by atoms with E-state index in [1.165, 1.54) is 44.5 Å². The van der Waals surface area contributed by atoms with E-state index in [1.807, 2.05) is 0 Å². The largest absolute Gasteiger partial charge is 0.0614 e. The first-order valence-electron chi connectivity index (χ1n) is 7.39. The van der Waals surface area contributed by atoms with Crippen LogP contribution in [0.3, 0.4) is 0 Å². The normalized spacial score (nSPS) is 17.1. The Balaban J connectivity index is 2.16. The van der Waals surface area contributed by atoms with E-state index in [-0.39, 0.29) is 0 Å². The molecule has 0 aliphatic heterocycles. The van der Waals surface area contributed by atoms with Crippen LogP contribution in [0.5, 0.6) is 0 Å². The molecular formula is C20H22. The average Bonchev–Trinajstić information content (AvgIpc) is 2.75. The molecule has 102 valence electrons. The SMILES string of the molecule is Cc1cccc(C2=Cc3ccc(C)c(C)c3C2C)c1C. The molecule has 0 saturated carbocycles. The Bertz CT molecular complexity index is 717. The van der Waals surface area contributed by atoms with E-state index in [1.54, 1.807) is 0 Å². The summed E-state index contributed by atoms with van der Waals surface area (Å²) in [7, 11) is 0. The summed E-state index contributed by atoms with van der Waals surface area (Å²) in [4.78, 5) is 0. The Morgan fingerprint density at radius 1 is 0.800 bits per heavy atom. The topological polar surface area (TPSA) is 0 Å². The number of rotatable bonds is 1. The van der Waals surface area contributed by atoms with Crippen LogP contribution in [0.15, 0.2) is 30.3 Å². The van der Waals surface area contributed by atoms with Crippen molar-refractivity contribution in [1.82, 2.24) is 0 Å². The highest BCUT2D eigenvalue weighted by molar-refractivity contribution is 5.93. The molecular weight excluding hydrogens is 240 g/mol. The Morgan fingerprint density at radius 2 is 1.50 bits per heavy atom. The van der Waals surface area contributed by atoms with Crippen molar-refractivity contribution in [3.05, 3.63) is 69.3 Å². The highest BCUT2D eigenvalue weighted by atomic mass is 14.3. The molecule has 1 aliphatic rings. The van der Waals surface area contributed by atoms with Gasteiger partial charge in [0.2, 0.25) is 0 Å². The summed E-state index contributed by atoms with van der Waals surface area (Å²) in [5, 5.41) is 0. The smallest absolute Gasteiger partial charge is 0.00759 e. The molecule has 0 heteroatoms. The van der Waals surface area contributed by atoms with Crippen LogP contribution in [-0.2, 0) is 0 Å². The minimum absolute atomic E-state index is 0.491. The van der Waals surface area contributed by atoms with Crippen molar-refractivity contribution >= 4 is 11.6 Å². The number of fused-ring (bicyclic) bond motifs is 1. The zero-order chi connectivity index (χ0) is 14.4. The Labute approximate surface area is 122 Å². The molecule has 0 aromatic heterocycles. The van der Waals surface area contributed by atoms with E-state index in [2.05, 4.69) is 71.0 Å². The predicted molar refractivity (Wildman–Crippen MR) is 88.1 cm³/mol. The van der Waals surface area contributed by atoms with Gasteiger partial charge in [-0.15, -0.1) is 0 Å². The summed E-state index contributed by atoms with van der Waals surface area (Å²) in [6.45, 7) is 11.2. The second kappa shape index (κ2) is 4.63. The van der Waals surface area contributed by atoms with Gasteiger partial charge in [-0.05, 0) is 72.2 Å². The molecule has 0 nitrogen and oxygen atoms in total. The van der Waals surface area contributed by atoms with E-state index >= 15 is 0 Å². The van der Waals surface area contributed by atoms with Crippen LogP contribution in [0, 0.1) is 27.7 Å². The van der Waals surface area contributed by atoms with Gasteiger partial charge in [-0.25, -0.2) is 0 Å². The van der Waals surface area contributed by atoms with Crippen molar-refractivity contribution < 1.29 is 0 Å². The van der Waals surface area contributed by atoms with E-state index in [0.717, 1.165) is 0 Å². The zero-order valence-electron chi connectivity index (χ0n) is 13.0. The third-order valence-corrected chi connectivity index (χ3v) is 4.95. The van der Waals surface area contributed by atoms with Gasteiger partial charge in [-0.1, -0.05) is 43.3 Å². The first-order valence-corrected chi connectivity index (χ1v) is 7.39. The van der Waals surface area contributed by atoms with Gasteiger partial charge in [0.1, 0.15) is 0 Å². The molecule has 1 aliphatic carbocycles. The lowest BCUT2D eigenvalue weighted by Gasteiger charge is -2.17. The lowest BCUT2D eigenvalue weighted by molar-refractivity contribution is 0.982. The molecule has 3 rings (SSSR count). The van der Waals surface area contributed by atoms with Crippen molar-refractivity contribution in [2.45, 2.75) is 40.5 Å². The van der Waals surface area contributed by atoms with Crippen LogP contribution in [0.1, 0.15) is 51.8 Å². The quantitative estimate of drug-likeness (QED) is 0.629. The summed E-state index contributed by atoms with van der Waals surface area (Å²) < 4.78 is 0. The molecule has 1 unspecified atom stereocenters. The van der Waals surface area contributed by atoms with Crippen LogP contribution in [0.4, 0.5) is 0 Å². The molecule has 0 saturated heterocycles. The first-order chi connectivity index (χ1) is 9.50. The molecule has 2 aromatic carbocycles. The van der Waals surface area contributed by atoms with Crippen molar-refractivity contribution in [3.63, 3.8) is 0 Å². The monoisotopic (exact) mass is 262 g/mol. The van der Waals surface area contributed by atoms with Gasteiger partial charge in [0.25, 0.3) is 0 Å². The minimum Gasteiger partial charge on any atom is -0.0614 e. The summed E-state index contributed by atoms with van der Waals surface area (Å²) in [6, 6.07) is 11.1. The third kappa shape index (κ3) is 1.83. The van der Waals surface area contributed by atoms with Crippen LogP contribution in [0.2, 0.25) is 0 Å². The van der Waals surface area contributed by atoms with Gasteiger partial charge >= 0.3 is 0 Å². The third-order valence-electron chi connectivity index (χ3n) is 4.95. The van der Waals surface area contributed by atoms with Crippen LogP contribution >= 0.6 is 0 Å². The molecule has 1 atom stereocenters. The second-order valence-corrected chi connectivity index (χ2v) is 6.08. The van der Waals surface area contributed by atoms with Gasteiger partial charge in [0.15, 0.2) is 0 Å². The maximum absolute atomic E-state index is 2.38. The lowest BCUT2D eigenvalue weighted by Crippen LogP contribution is -1.99. The molecule has 2 aromatic rings. The van der Waals surface area contributed by atoms with Crippen molar-refractivity contribution in [2.75, 3.05) is 0 Å². The van der Waals surface area contributed by atoms with Crippen LogP contribution < -0.4 is 0 Å². The summed E-state index contributed by atoms with van der Waals surface area (Å²) in [5.74, 6) is 0.491. The average molecular weight is 262 g/mol. The fourth-order valence-corrected chi connectivity index (χ4v) is 3.38. The molecule has 20 heavy (non-hydrogen) atoms. The fraction of sp³-hybridized carbons (Fsp3) is 0.300. The zero-order valence-corrected chi connectivity index (χ0v) is 13.0. The number of hydrogen-bond acceptors (Lipinski definition) is 0. The van der Waals surface area contributed by atoms with E-state index < -0.39 is 0 Å². The fourth-order valence-electron chi connectivity index (χ4n) is 3.38. The Kier molecular flexibility index (Phi) is 3.05. The number of allylic oxidation sites excluding steroid dienone is 1. The molecule has 0 bridgehead atoms. The van der Waals surface area contributed by atoms with Crippen molar-refractivity contribution in [2.24, 2.45) is 0 Å². The van der Waals surface area contributed by atoms with E-state index in [4.69, 9.17) is 0 Å². The van der Waals surface area contributed by atoms with Crippen LogP contribution in [-0.4, -0.2) is 0 Å². The number of benzene rings is 2. The minimum atomic E-state index is 0.491. The van der Waals surface area contributed by atoms with Gasteiger partial charge in [0, 0.05) is 5.92 Å². The standard InChI is InChI=1S/C20H22/c1-12-7-6-8-18(14(12)3)19-11-17-10-9-13(2)15(4)20(17)16(19)5/h6-11,16H,1-5H3. The number of aryl methyl sites for hydroxylation is 2. The molecule has 0 heterocycles. The summed E-state index contributed by atoms with van der Waals surface area (Å²) >= 11 is 0. The van der Waals surface area contributed by atoms with Crippen molar-refractivity contribution in [1.29, 1.82) is 0 Å².